The van der Waals surface area contributed by atoms with Crippen LogP contribution < -0.4 is 0 Å². The van der Waals surface area contributed by atoms with E-state index in [2.05, 4.69) is 27.2 Å². The Hall–Kier alpha value is 0.390. The van der Waals surface area contributed by atoms with E-state index in [0.717, 1.165) is 0 Å². The van der Waals surface area contributed by atoms with Crippen molar-refractivity contribution >= 4 is 7.26 Å². The third-order valence-corrected chi connectivity index (χ3v) is 12.3. The highest BCUT2D eigenvalue weighted by Gasteiger charge is 2.23. The van der Waals surface area contributed by atoms with Crippen LogP contribution in [-0.4, -0.2) is 31.1 Å². The summed E-state index contributed by atoms with van der Waals surface area (Å²) in [5.74, 6) is 0. The molecule has 0 unspecified atom stereocenters. The van der Waals surface area contributed by atoms with Gasteiger partial charge in [0.2, 0.25) is 0 Å². The van der Waals surface area contributed by atoms with E-state index in [1.165, 1.54) is 205 Å². The molecule has 2 heteroatoms. The van der Waals surface area contributed by atoms with E-state index in [9.17, 15) is 0 Å². The summed E-state index contributed by atoms with van der Waals surface area (Å²) in [5, 5.41) is 0. The van der Waals surface area contributed by atoms with Crippen LogP contribution in [0.1, 0.15) is 219 Å². The number of unbranched alkanes of at least 4 members (excludes halogenated alkanes) is 30. The highest BCUT2D eigenvalue weighted by atomic mass is 31.2. The van der Waals surface area contributed by atoms with E-state index < -0.39 is 7.26 Å². The lowest BCUT2D eigenvalue weighted by atomic mass is 10.0. The minimum Gasteiger partial charge on any atom is -0.870 e. The van der Waals surface area contributed by atoms with Gasteiger partial charge in [0.15, 0.2) is 0 Å². The zero-order valence-corrected chi connectivity index (χ0v) is 29.8. The van der Waals surface area contributed by atoms with Crippen molar-refractivity contribution in [1.29, 1.82) is 0 Å². The van der Waals surface area contributed by atoms with Crippen LogP contribution in [0.5, 0.6) is 0 Å². The van der Waals surface area contributed by atoms with Crippen LogP contribution in [0, 0.1) is 0 Å². The molecule has 0 radical (unpaired) electrons. The molecule has 244 valence electrons. The molecule has 40 heavy (non-hydrogen) atoms. The summed E-state index contributed by atoms with van der Waals surface area (Å²) in [4.78, 5) is 0. The van der Waals surface area contributed by atoms with Crippen LogP contribution in [0.25, 0.3) is 0 Å². The first-order valence-electron chi connectivity index (χ1n) is 18.9. The predicted molar refractivity (Wildman–Crippen MR) is 190 cm³/mol. The van der Waals surface area contributed by atoms with Gasteiger partial charge in [0, 0.05) is 20.6 Å². The van der Waals surface area contributed by atoms with E-state index in [-0.39, 0.29) is 5.48 Å². The van der Waals surface area contributed by atoms with Crippen molar-refractivity contribution in [3.05, 3.63) is 0 Å². The number of hydrogen-bond donors (Lipinski definition) is 0. The third-order valence-electron chi connectivity index (χ3n) is 9.23. The lowest BCUT2D eigenvalue weighted by molar-refractivity contribution is 0.531. The maximum absolute atomic E-state index is 2.64. The molecule has 0 saturated heterocycles. The topological polar surface area (TPSA) is 30.0 Å². The molecular formula is C38H81OP. The van der Waals surface area contributed by atoms with Gasteiger partial charge in [-0.15, -0.1) is 0 Å². The van der Waals surface area contributed by atoms with Gasteiger partial charge in [-0.25, -0.2) is 0 Å². The first kappa shape index (κ1) is 42.5. The molecule has 0 bridgehead atoms. The van der Waals surface area contributed by atoms with Gasteiger partial charge in [-0.1, -0.05) is 194 Å². The van der Waals surface area contributed by atoms with Gasteiger partial charge in [-0.2, -0.15) is 0 Å². The lowest BCUT2D eigenvalue weighted by Crippen LogP contribution is -2.01. The van der Waals surface area contributed by atoms with Crippen LogP contribution in [0.15, 0.2) is 0 Å². The molecule has 0 heterocycles. The zero-order valence-electron chi connectivity index (χ0n) is 28.9. The average Bonchev–Trinajstić information content (AvgIpc) is 2.92. The standard InChI is InChI=1S/C38H80P.H2O/c1-5-7-9-11-13-15-17-19-21-23-25-27-29-31-33-35-37-39(3,4)38-36-34-32-30-28-26-24-22-20-18-16-14-12-10-8-6-2;/h5-38H2,1-4H3;1H2/q+1;/p-1. The smallest absolute Gasteiger partial charge is 0.0589 e. The average molecular weight is 585 g/mol. The minimum atomic E-state index is -0.619. The molecule has 0 aromatic carbocycles. The fourth-order valence-electron chi connectivity index (χ4n) is 6.29. The third kappa shape index (κ3) is 36.4. The Labute approximate surface area is 257 Å². The fourth-order valence-corrected chi connectivity index (χ4v) is 8.67. The monoisotopic (exact) mass is 585 g/mol. The van der Waals surface area contributed by atoms with Crippen molar-refractivity contribution in [2.75, 3.05) is 25.7 Å². The van der Waals surface area contributed by atoms with Gasteiger partial charge in [-0.05, 0) is 25.7 Å². The Bertz CT molecular complexity index is 397. The van der Waals surface area contributed by atoms with Gasteiger partial charge in [0.05, 0.1) is 12.3 Å². The second-order valence-corrected chi connectivity index (χ2v) is 18.8. The summed E-state index contributed by atoms with van der Waals surface area (Å²) in [6.07, 6.45) is 50.5. The van der Waals surface area contributed by atoms with Gasteiger partial charge < -0.3 is 5.48 Å². The van der Waals surface area contributed by atoms with E-state index in [0.29, 0.717) is 0 Å². The van der Waals surface area contributed by atoms with Crippen LogP contribution in [-0.2, 0) is 0 Å². The quantitative estimate of drug-likeness (QED) is 0.0546. The van der Waals surface area contributed by atoms with Crippen molar-refractivity contribution in [3.8, 4) is 0 Å². The summed E-state index contributed by atoms with van der Waals surface area (Å²) in [6.45, 7) is 9.91. The SMILES string of the molecule is CCCCCCCCCCCCCCCCCC[P+](C)(C)CCCCCCCCCCCCCCCCCC.[OH-]. The molecule has 1 N–H and O–H groups in total. The van der Waals surface area contributed by atoms with Crippen LogP contribution >= 0.6 is 7.26 Å². The highest BCUT2D eigenvalue weighted by molar-refractivity contribution is 7.74. The van der Waals surface area contributed by atoms with E-state index in [1.54, 1.807) is 12.3 Å². The molecule has 0 aromatic rings. The Morgan fingerprint density at radius 1 is 0.250 bits per heavy atom. The molecule has 0 aliphatic heterocycles. The molecule has 1 nitrogen and oxygen atoms in total. The van der Waals surface area contributed by atoms with E-state index >= 15 is 0 Å². The maximum atomic E-state index is 2.64. The number of rotatable bonds is 34. The second kappa shape index (κ2) is 35.6. The molecule has 0 amide bonds. The number of hydrogen-bond acceptors (Lipinski definition) is 1. The van der Waals surface area contributed by atoms with Gasteiger partial charge in [0.25, 0.3) is 0 Å². The maximum Gasteiger partial charge on any atom is 0.0589 e. The van der Waals surface area contributed by atoms with Crippen molar-refractivity contribution in [1.82, 2.24) is 0 Å². The molecule has 0 fully saturated rings. The molecule has 0 saturated carbocycles. The Kier molecular flexibility index (Phi) is 37.8. The molecule has 0 aliphatic rings. The van der Waals surface area contributed by atoms with E-state index in [1.807, 2.05) is 0 Å². The minimum absolute atomic E-state index is 0. The summed E-state index contributed by atoms with van der Waals surface area (Å²) in [5.41, 5.74) is 0. The Morgan fingerprint density at radius 3 is 0.575 bits per heavy atom. The van der Waals surface area contributed by atoms with Crippen LogP contribution in [0.2, 0.25) is 0 Å². The van der Waals surface area contributed by atoms with Gasteiger partial charge in [-0.3, -0.25) is 0 Å². The lowest BCUT2D eigenvalue weighted by Gasteiger charge is -2.18. The van der Waals surface area contributed by atoms with Gasteiger partial charge >= 0.3 is 0 Å². The normalized spacial score (nSPS) is 11.7. The summed E-state index contributed by atoms with van der Waals surface area (Å²) in [7, 11) is -0.619. The largest absolute Gasteiger partial charge is 0.870 e. The van der Waals surface area contributed by atoms with Crippen LogP contribution in [0.4, 0.5) is 0 Å². The first-order chi connectivity index (χ1) is 19.1. The molecule has 0 spiro atoms. The molecule has 0 rings (SSSR count). The van der Waals surface area contributed by atoms with Crippen molar-refractivity contribution < 1.29 is 5.48 Å². The molecular weight excluding hydrogens is 503 g/mol. The Morgan fingerprint density at radius 2 is 0.400 bits per heavy atom. The van der Waals surface area contributed by atoms with Crippen molar-refractivity contribution in [2.45, 2.75) is 219 Å². The van der Waals surface area contributed by atoms with Crippen LogP contribution in [0.3, 0.4) is 0 Å². The molecule has 0 atom stereocenters. The zero-order chi connectivity index (χ0) is 28.5. The summed E-state index contributed by atoms with van der Waals surface area (Å²) < 4.78 is 0. The second-order valence-electron chi connectivity index (χ2n) is 14.0. The highest BCUT2D eigenvalue weighted by Crippen LogP contribution is 2.52. The first-order valence-corrected chi connectivity index (χ1v) is 22.0. The molecule has 0 aliphatic carbocycles. The van der Waals surface area contributed by atoms with E-state index in [4.69, 9.17) is 0 Å². The van der Waals surface area contributed by atoms with Crippen molar-refractivity contribution in [3.63, 3.8) is 0 Å². The Balaban J connectivity index is 0. The predicted octanol–water partition coefficient (Wildman–Crippen LogP) is 14.6. The van der Waals surface area contributed by atoms with Gasteiger partial charge in [0.1, 0.15) is 0 Å². The fraction of sp³-hybridized carbons (Fsp3) is 1.00. The summed E-state index contributed by atoms with van der Waals surface area (Å²) >= 11 is 0. The van der Waals surface area contributed by atoms with Crippen molar-refractivity contribution in [2.24, 2.45) is 0 Å². The summed E-state index contributed by atoms with van der Waals surface area (Å²) in [6, 6.07) is 0. The molecule has 0 aromatic heterocycles.